The summed E-state index contributed by atoms with van der Waals surface area (Å²) in [5.41, 5.74) is 2.88. The molecule has 0 aromatic heterocycles. The predicted octanol–water partition coefficient (Wildman–Crippen LogP) is 2.81. The van der Waals surface area contributed by atoms with Crippen molar-refractivity contribution < 1.29 is 5.11 Å². The third-order valence-corrected chi connectivity index (χ3v) is 4.30. The van der Waals surface area contributed by atoms with Crippen LogP contribution >= 0.6 is 0 Å². The van der Waals surface area contributed by atoms with Crippen molar-refractivity contribution in [2.24, 2.45) is 5.92 Å². The molecule has 0 bridgehead atoms. The van der Waals surface area contributed by atoms with Crippen LogP contribution in [0.4, 0.5) is 0 Å². The molecule has 2 saturated carbocycles. The van der Waals surface area contributed by atoms with Gasteiger partial charge in [-0.15, -0.1) is 0 Å². The number of aliphatic hydroxyl groups excluding tert-OH is 1. The molecule has 0 aliphatic heterocycles. The Morgan fingerprint density at radius 3 is 2.44 bits per heavy atom. The Kier molecular flexibility index (Phi) is 3.67. The Labute approximate surface area is 109 Å². The van der Waals surface area contributed by atoms with E-state index >= 15 is 0 Å². The van der Waals surface area contributed by atoms with E-state index in [1.54, 1.807) is 0 Å². The van der Waals surface area contributed by atoms with Crippen molar-refractivity contribution in [1.82, 2.24) is 5.32 Å². The molecule has 0 radical (unpaired) electrons. The van der Waals surface area contributed by atoms with Crippen molar-refractivity contribution in [2.45, 2.75) is 50.7 Å². The van der Waals surface area contributed by atoms with Crippen LogP contribution in [0, 0.1) is 5.92 Å². The number of benzene rings is 1. The second-order valence-corrected chi connectivity index (χ2v) is 5.98. The summed E-state index contributed by atoms with van der Waals surface area (Å²) in [6.07, 6.45) is 5.85. The molecule has 2 atom stereocenters. The SMILES string of the molecule is OC1CCC(CNCc2ccc(C3CC3)cc2)C1. The normalized spacial score (nSPS) is 27.6. The molecule has 1 aromatic rings. The fraction of sp³-hybridized carbons (Fsp3) is 0.625. The van der Waals surface area contributed by atoms with Crippen LogP contribution < -0.4 is 5.32 Å². The molecule has 18 heavy (non-hydrogen) atoms. The summed E-state index contributed by atoms with van der Waals surface area (Å²) in [7, 11) is 0. The topological polar surface area (TPSA) is 32.3 Å². The van der Waals surface area contributed by atoms with E-state index in [1.165, 1.54) is 30.4 Å². The predicted molar refractivity (Wildman–Crippen MR) is 73.5 cm³/mol. The molecule has 2 heteroatoms. The quantitative estimate of drug-likeness (QED) is 0.836. The first-order valence-corrected chi connectivity index (χ1v) is 7.29. The van der Waals surface area contributed by atoms with E-state index in [0.29, 0.717) is 5.92 Å². The number of aliphatic hydroxyl groups is 1. The van der Waals surface area contributed by atoms with E-state index < -0.39 is 0 Å². The van der Waals surface area contributed by atoms with Crippen LogP contribution in [-0.4, -0.2) is 17.8 Å². The van der Waals surface area contributed by atoms with E-state index in [2.05, 4.69) is 29.6 Å². The zero-order valence-electron chi connectivity index (χ0n) is 10.9. The summed E-state index contributed by atoms with van der Waals surface area (Å²) >= 11 is 0. The minimum atomic E-state index is -0.0466. The van der Waals surface area contributed by atoms with Crippen molar-refractivity contribution in [1.29, 1.82) is 0 Å². The third-order valence-electron chi connectivity index (χ3n) is 4.30. The molecule has 2 unspecified atom stereocenters. The van der Waals surface area contributed by atoms with Crippen molar-refractivity contribution in [3.05, 3.63) is 35.4 Å². The molecule has 0 saturated heterocycles. The Morgan fingerprint density at radius 1 is 1.06 bits per heavy atom. The zero-order chi connectivity index (χ0) is 12.4. The van der Waals surface area contributed by atoms with Gasteiger partial charge in [0.1, 0.15) is 0 Å². The fourth-order valence-corrected chi connectivity index (χ4v) is 2.98. The molecular formula is C16H23NO. The summed E-state index contributed by atoms with van der Waals surface area (Å²) in [6, 6.07) is 9.08. The Bertz CT molecular complexity index is 383. The maximum atomic E-state index is 9.48. The van der Waals surface area contributed by atoms with E-state index in [0.717, 1.165) is 31.8 Å². The van der Waals surface area contributed by atoms with Crippen LogP contribution in [0.5, 0.6) is 0 Å². The molecule has 2 N–H and O–H groups in total. The Balaban J connectivity index is 1.42. The van der Waals surface area contributed by atoms with Gasteiger partial charge in [0.25, 0.3) is 0 Å². The molecule has 98 valence electrons. The third kappa shape index (κ3) is 3.12. The molecule has 2 fully saturated rings. The largest absolute Gasteiger partial charge is 0.393 e. The first-order chi connectivity index (χ1) is 8.81. The average Bonchev–Trinajstić information content (AvgIpc) is 3.15. The molecule has 0 amide bonds. The van der Waals surface area contributed by atoms with E-state index in [-0.39, 0.29) is 6.10 Å². The minimum absolute atomic E-state index is 0.0466. The highest BCUT2D eigenvalue weighted by molar-refractivity contribution is 5.27. The van der Waals surface area contributed by atoms with Crippen LogP contribution in [0.2, 0.25) is 0 Å². The van der Waals surface area contributed by atoms with Crippen molar-refractivity contribution >= 4 is 0 Å². The second kappa shape index (κ2) is 5.41. The van der Waals surface area contributed by atoms with Crippen molar-refractivity contribution in [3.63, 3.8) is 0 Å². The summed E-state index contributed by atoms with van der Waals surface area (Å²) in [5.74, 6) is 1.53. The van der Waals surface area contributed by atoms with Gasteiger partial charge in [-0.2, -0.15) is 0 Å². The highest BCUT2D eigenvalue weighted by Gasteiger charge is 2.23. The van der Waals surface area contributed by atoms with Gasteiger partial charge in [0.2, 0.25) is 0 Å². The van der Waals surface area contributed by atoms with Gasteiger partial charge in [-0.1, -0.05) is 24.3 Å². The smallest absolute Gasteiger partial charge is 0.0543 e. The maximum Gasteiger partial charge on any atom is 0.0543 e. The van der Waals surface area contributed by atoms with Crippen molar-refractivity contribution in [3.8, 4) is 0 Å². The lowest BCUT2D eigenvalue weighted by Gasteiger charge is -2.11. The lowest BCUT2D eigenvalue weighted by Crippen LogP contribution is -2.21. The van der Waals surface area contributed by atoms with Crippen LogP contribution in [-0.2, 0) is 6.54 Å². The van der Waals surface area contributed by atoms with Gasteiger partial charge < -0.3 is 10.4 Å². The molecule has 0 heterocycles. The molecular weight excluding hydrogens is 222 g/mol. The highest BCUT2D eigenvalue weighted by Crippen LogP contribution is 2.39. The molecule has 2 nitrogen and oxygen atoms in total. The van der Waals surface area contributed by atoms with Gasteiger partial charge in [0.05, 0.1) is 6.10 Å². The Morgan fingerprint density at radius 2 is 1.83 bits per heavy atom. The van der Waals surface area contributed by atoms with E-state index in [9.17, 15) is 5.11 Å². The number of rotatable bonds is 5. The van der Waals surface area contributed by atoms with Gasteiger partial charge in [0.15, 0.2) is 0 Å². The summed E-state index contributed by atoms with van der Waals surface area (Å²) in [5, 5.41) is 13.0. The molecule has 3 rings (SSSR count). The zero-order valence-corrected chi connectivity index (χ0v) is 10.9. The standard InChI is InChI=1S/C16H23NO/c18-16-8-3-13(9-16)11-17-10-12-1-4-14(5-2-12)15-6-7-15/h1-2,4-5,13,15-18H,3,6-11H2. The van der Waals surface area contributed by atoms with Crippen molar-refractivity contribution in [2.75, 3.05) is 6.54 Å². The monoisotopic (exact) mass is 245 g/mol. The molecule has 2 aliphatic rings. The van der Waals surface area contributed by atoms with Gasteiger partial charge in [0, 0.05) is 6.54 Å². The number of nitrogens with one attached hydrogen (secondary N) is 1. The number of hydrogen-bond acceptors (Lipinski definition) is 2. The van der Waals surface area contributed by atoms with Gasteiger partial charge >= 0.3 is 0 Å². The summed E-state index contributed by atoms with van der Waals surface area (Å²) in [6.45, 7) is 2.00. The van der Waals surface area contributed by atoms with Crippen LogP contribution in [0.15, 0.2) is 24.3 Å². The maximum absolute atomic E-state index is 9.48. The molecule has 0 spiro atoms. The van der Waals surface area contributed by atoms with Crippen LogP contribution in [0.25, 0.3) is 0 Å². The van der Waals surface area contributed by atoms with Gasteiger partial charge in [-0.3, -0.25) is 0 Å². The molecule has 1 aromatic carbocycles. The van der Waals surface area contributed by atoms with Crippen LogP contribution in [0.1, 0.15) is 49.1 Å². The lowest BCUT2D eigenvalue weighted by atomic mass is 10.1. The Hall–Kier alpha value is -0.860. The highest BCUT2D eigenvalue weighted by atomic mass is 16.3. The average molecular weight is 245 g/mol. The van der Waals surface area contributed by atoms with Gasteiger partial charge in [-0.05, 0) is 61.6 Å². The second-order valence-electron chi connectivity index (χ2n) is 5.98. The van der Waals surface area contributed by atoms with E-state index in [4.69, 9.17) is 0 Å². The summed E-state index contributed by atoms with van der Waals surface area (Å²) < 4.78 is 0. The fourth-order valence-electron chi connectivity index (χ4n) is 2.98. The summed E-state index contributed by atoms with van der Waals surface area (Å²) in [4.78, 5) is 0. The first kappa shape index (κ1) is 12.2. The first-order valence-electron chi connectivity index (χ1n) is 7.29. The number of hydrogen-bond donors (Lipinski definition) is 2. The van der Waals surface area contributed by atoms with Crippen LogP contribution in [0.3, 0.4) is 0 Å². The minimum Gasteiger partial charge on any atom is -0.393 e. The van der Waals surface area contributed by atoms with Gasteiger partial charge in [-0.25, -0.2) is 0 Å². The molecule has 2 aliphatic carbocycles. The van der Waals surface area contributed by atoms with E-state index in [1.807, 2.05) is 0 Å². The lowest BCUT2D eigenvalue weighted by molar-refractivity contribution is 0.177.